The SMILES string of the molecule is Cc1cc([C@H](C)Nc2ccccc2C(=O)O)c2cc(-c3cccc(F)c3)c(C)nc2c1. The number of anilines is 1. The molecule has 0 unspecified atom stereocenters. The van der Waals surface area contributed by atoms with Gasteiger partial charge in [0, 0.05) is 28.4 Å². The summed E-state index contributed by atoms with van der Waals surface area (Å²) in [6.45, 7) is 5.93. The van der Waals surface area contributed by atoms with Gasteiger partial charge in [-0.05, 0) is 73.9 Å². The van der Waals surface area contributed by atoms with Crippen LogP contribution in [0.2, 0.25) is 0 Å². The summed E-state index contributed by atoms with van der Waals surface area (Å²) < 4.78 is 13.8. The first-order valence-electron chi connectivity index (χ1n) is 10.1. The number of hydrogen-bond acceptors (Lipinski definition) is 3. The molecule has 0 spiro atoms. The first-order valence-corrected chi connectivity index (χ1v) is 10.1. The second-order valence-electron chi connectivity index (χ2n) is 7.77. The van der Waals surface area contributed by atoms with Gasteiger partial charge in [-0.1, -0.05) is 30.3 Å². The highest BCUT2D eigenvalue weighted by Gasteiger charge is 2.17. The number of carbonyl (C=O) groups is 1. The van der Waals surface area contributed by atoms with Crippen molar-refractivity contribution in [2.75, 3.05) is 5.32 Å². The van der Waals surface area contributed by atoms with Crippen LogP contribution >= 0.6 is 0 Å². The third-order valence-electron chi connectivity index (χ3n) is 5.43. The van der Waals surface area contributed by atoms with Crippen LogP contribution < -0.4 is 5.32 Å². The van der Waals surface area contributed by atoms with E-state index in [-0.39, 0.29) is 17.4 Å². The number of benzene rings is 3. The number of halogens is 1. The van der Waals surface area contributed by atoms with Crippen molar-refractivity contribution in [1.29, 1.82) is 0 Å². The van der Waals surface area contributed by atoms with Crippen LogP contribution in [0.15, 0.2) is 66.7 Å². The number of hydrogen-bond donors (Lipinski definition) is 2. The summed E-state index contributed by atoms with van der Waals surface area (Å²) in [5.41, 5.74) is 6.17. The molecule has 4 rings (SSSR count). The zero-order valence-corrected chi connectivity index (χ0v) is 17.6. The number of fused-ring (bicyclic) bond motifs is 1. The minimum atomic E-state index is -0.977. The minimum Gasteiger partial charge on any atom is -0.478 e. The molecule has 3 aromatic carbocycles. The van der Waals surface area contributed by atoms with E-state index in [9.17, 15) is 14.3 Å². The highest BCUT2D eigenvalue weighted by Crippen LogP contribution is 2.33. The lowest BCUT2D eigenvalue weighted by atomic mass is 9.95. The largest absolute Gasteiger partial charge is 0.478 e. The molecule has 0 amide bonds. The molecule has 4 aromatic rings. The topological polar surface area (TPSA) is 62.2 Å². The first kappa shape index (κ1) is 20.5. The summed E-state index contributed by atoms with van der Waals surface area (Å²) in [7, 11) is 0. The maximum Gasteiger partial charge on any atom is 0.337 e. The maximum atomic E-state index is 13.8. The van der Waals surface area contributed by atoms with E-state index in [0.717, 1.165) is 38.9 Å². The number of carboxylic acids is 1. The monoisotopic (exact) mass is 414 g/mol. The van der Waals surface area contributed by atoms with Gasteiger partial charge < -0.3 is 10.4 Å². The predicted octanol–water partition coefficient (Wildman–Crippen LogP) is 6.53. The van der Waals surface area contributed by atoms with Crippen LogP contribution in [0.25, 0.3) is 22.0 Å². The van der Waals surface area contributed by atoms with Crippen molar-refractivity contribution in [2.45, 2.75) is 26.8 Å². The van der Waals surface area contributed by atoms with E-state index < -0.39 is 5.97 Å². The number of nitrogens with one attached hydrogen (secondary N) is 1. The van der Waals surface area contributed by atoms with E-state index in [1.807, 2.05) is 45.0 Å². The molecule has 0 aliphatic rings. The summed E-state index contributed by atoms with van der Waals surface area (Å²) in [6.07, 6.45) is 0. The highest BCUT2D eigenvalue weighted by atomic mass is 19.1. The molecule has 156 valence electrons. The molecule has 0 saturated carbocycles. The average Bonchev–Trinajstić information content (AvgIpc) is 2.72. The lowest BCUT2D eigenvalue weighted by Gasteiger charge is -2.20. The summed E-state index contributed by atoms with van der Waals surface area (Å²) >= 11 is 0. The quantitative estimate of drug-likeness (QED) is 0.390. The van der Waals surface area contributed by atoms with Gasteiger partial charge in [-0.2, -0.15) is 0 Å². The summed E-state index contributed by atoms with van der Waals surface area (Å²) in [4.78, 5) is 16.4. The van der Waals surface area contributed by atoms with Crippen molar-refractivity contribution in [3.05, 3.63) is 94.9 Å². The van der Waals surface area contributed by atoms with Gasteiger partial charge in [0.2, 0.25) is 0 Å². The van der Waals surface area contributed by atoms with E-state index >= 15 is 0 Å². The Morgan fingerprint density at radius 3 is 2.55 bits per heavy atom. The Kier molecular flexibility index (Phi) is 5.42. The smallest absolute Gasteiger partial charge is 0.337 e. The fourth-order valence-corrected chi connectivity index (χ4v) is 3.96. The third-order valence-corrected chi connectivity index (χ3v) is 5.43. The first-order chi connectivity index (χ1) is 14.8. The van der Waals surface area contributed by atoms with Gasteiger partial charge in [0.1, 0.15) is 5.82 Å². The molecule has 2 N–H and O–H groups in total. The Hall–Kier alpha value is -3.73. The van der Waals surface area contributed by atoms with Crippen LogP contribution in [0, 0.1) is 19.7 Å². The second-order valence-corrected chi connectivity index (χ2v) is 7.77. The summed E-state index contributed by atoms with van der Waals surface area (Å²) in [5, 5.41) is 13.8. The number of nitrogens with zero attached hydrogens (tertiary/aromatic N) is 1. The fraction of sp³-hybridized carbons (Fsp3) is 0.154. The van der Waals surface area contributed by atoms with Crippen LogP contribution in [0.5, 0.6) is 0 Å². The van der Waals surface area contributed by atoms with Crippen molar-refractivity contribution in [2.24, 2.45) is 0 Å². The zero-order chi connectivity index (χ0) is 22.1. The van der Waals surface area contributed by atoms with Crippen LogP contribution in [-0.4, -0.2) is 16.1 Å². The molecule has 4 nitrogen and oxygen atoms in total. The van der Waals surface area contributed by atoms with Crippen molar-refractivity contribution in [1.82, 2.24) is 4.98 Å². The van der Waals surface area contributed by atoms with Crippen LogP contribution in [-0.2, 0) is 0 Å². The van der Waals surface area contributed by atoms with Gasteiger partial charge in [0.05, 0.1) is 11.1 Å². The lowest BCUT2D eigenvalue weighted by molar-refractivity contribution is 0.0698. The molecular weight excluding hydrogens is 391 g/mol. The molecule has 1 heterocycles. The van der Waals surface area contributed by atoms with Gasteiger partial charge in [0.25, 0.3) is 0 Å². The van der Waals surface area contributed by atoms with E-state index in [1.54, 1.807) is 24.3 Å². The van der Waals surface area contributed by atoms with E-state index in [4.69, 9.17) is 4.98 Å². The predicted molar refractivity (Wildman–Crippen MR) is 122 cm³/mol. The van der Waals surface area contributed by atoms with Crippen LogP contribution in [0.4, 0.5) is 10.1 Å². The van der Waals surface area contributed by atoms with Gasteiger partial charge in [-0.15, -0.1) is 0 Å². The van der Waals surface area contributed by atoms with Crippen molar-refractivity contribution in [3.8, 4) is 11.1 Å². The normalized spacial score (nSPS) is 12.0. The molecule has 0 radical (unpaired) electrons. The lowest BCUT2D eigenvalue weighted by Crippen LogP contribution is -2.11. The molecule has 0 fully saturated rings. The summed E-state index contributed by atoms with van der Waals surface area (Å²) in [5.74, 6) is -1.27. The van der Waals surface area contributed by atoms with E-state index in [2.05, 4.69) is 11.4 Å². The molecule has 1 atom stereocenters. The number of aromatic carboxylic acids is 1. The standard InChI is InChI=1S/C26H23FN2O2/c1-15-11-22(17(3)28-24-10-5-4-9-20(24)26(30)31)23-14-21(16(2)29-25(23)12-15)18-7-6-8-19(27)13-18/h4-14,17,28H,1-3H3,(H,30,31)/t17-/m0/s1. The molecule has 0 aliphatic carbocycles. The number of para-hydroxylation sites is 1. The third kappa shape index (κ3) is 4.12. The number of aryl methyl sites for hydroxylation is 2. The highest BCUT2D eigenvalue weighted by molar-refractivity contribution is 5.94. The number of aromatic nitrogens is 1. The van der Waals surface area contributed by atoms with Crippen molar-refractivity contribution < 1.29 is 14.3 Å². The average molecular weight is 414 g/mol. The molecule has 31 heavy (non-hydrogen) atoms. The maximum absolute atomic E-state index is 13.8. The molecule has 0 saturated heterocycles. The number of rotatable bonds is 5. The number of carboxylic acid groups (broad SMARTS) is 1. The van der Waals surface area contributed by atoms with Crippen LogP contribution in [0.1, 0.15) is 40.1 Å². The van der Waals surface area contributed by atoms with Gasteiger partial charge in [0.15, 0.2) is 0 Å². The van der Waals surface area contributed by atoms with Gasteiger partial charge in [-0.25, -0.2) is 9.18 Å². The zero-order valence-electron chi connectivity index (χ0n) is 17.6. The van der Waals surface area contributed by atoms with Crippen molar-refractivity contribution in [3.63, 3.8) is 0 Å². The van der Waals surface area contributed by atoms with E-state index in [1.165, 1.54) is 12.1 Å². The van der Waals surface area contributed by atoms with E-state index in [0.29, 0.717) is 5.69 Å². The minimum absolute atomic E-state index is 0.173. The van der Waals surface area contributed by atoms with Gasteiger partial charge in [-0.3, -0.25) is 4.98 Å². The van der Waals surface area contributed by atoms with Gasteiger partial charge >= 0.3 is 5.97 Å². The Morgan fingerprint density at radius 1 is 1.03 bits per heavy atom. The summed E-state index contributed by atoms with van der Waals surface area (Å²) in [6, 6.07) is 19.3. The molecular formula is C26H23FN2O2. The Balaban J connectivity index is 1.84. The Labute approximate surface area is 180 Å². The molecule has 0 bridgehead atoms. The number of pyridine rings is 1. The Bertz CT molecular complexity index is 1300. The fourth-order valence-electron chi connectivity index (χ4n) is 3.96. The molecule has 1 aromatic heterocycles. The van der Waals surface area contributed by atoms with Crippen molar-refractivity contribution >= 4 is 22.6 Å². The second kappa shape index (κ2) is 8.19. The molecule has 0 aliphatic heterocycles. The Morgan fingerprint density at radius 2 is 1.81 bits per heavy atom. The molecule has 5 heteroatoms. The van der Waals surface area contributed by atoms with Crippen LogP contribution in [0.3, 0.4) is 0 Å².